The van der Waals surface area contributed by atoms with Crippen molar-refractivity contribution < 1.29 is 26.0 Å². The quantitative estimate of drug-likeness (QED) is 0.559. The van der Waals surface area contributed by atoms with Crippen molar-refractivity contribution in [2.45, 2.75) is 30.6 Å². The SMILES string of the molecule is CCNS(=O)(=O)c1ccc(F)c(C(=O)Nc2ccc(Cl)c(S(=O)(=O)N(CC)CC)c2)c1. The monoisotopic (exact) mass is 491 g/mol. The van der Waals surface area contributed by atoms with Gasteiger partial charge in [-0.15, -0.1) is 0 Å². The molecule has 0 fully saturated rings. The second kappa shape index (κ2) is 10.0. The Hall–Kier alpha value is -2.05. The number of sulfonamides is 2. The summed E-state index contributed by atoms with van der Waals surface area (Å²) in [6.07, 6.45) is 0. The number of halogens is 2. The van der Waals surface area contributed by atoms with Crippen molar-refractivity contribution in [3.05, 3.63) is 52.8 Å². The third kappa shape index (κ3) is 5.60. The largest absolute Gasteiger partial charge is 0.322 e. The highest BCUT2D eigenvalue weighted by molar-refractivity contribution is 7.89. The summed E-state index contributed by atoms with van der Waals surface area (Å²) >= 11 is 6.07. The van der Waals surface area contributed by atoms with E-state index in [2.05, 4.69) is 10.0 Å². The highest BCUT2D eigenvalue weighted by Crippen LogP contribution is 2.28. The van der Waals surface area contributed by atoms with Gasteiger partial charge in [0.05, 0.1) is 15.5 Å². The van der Waals surface area contributed by atoms with Crippen LogP contribution in [-0.2, 0) is 20.0 Å². The summed E-state index contributed by atoms with van der Waals surface area (Å²) in [5.41, 5.74) is -0.457. The second-order valence-electron chi connectivity index (χ2n) is 6.33. The lowest BCUT2D eigenvalue weighted by Crippen LogP contribution is -2.31. The Bertz CT molecular complexity index is 1180. The first-order chi connectivity index (χ1) is 14.5. The van der Waals surface area contributed by atoms with E-state index in [0.29, 0.717) is 0 Å². The van der Waals surface area contributed by atoms with Crippen LogP contribution in [0.3, 0.4) is 0 Å². The first-order valence-electron chi connectivity index (χ1n) is 9.38. The minimum atomic E-state index is -3.91. The molecule has 0 bridgehead atoms. The summed E-state index contributed by atoms with van der Waals surface area (Å²) in [7, 11) is -7.81. The molecule has 2 aromatic carbocycles. The maximum Gasteiger partial charge on any atom is 0.258 e. The van der Waals surface area contributed by atoms with Gasteiger partial charge in [0.1, 0.15) is 10.7 Å². The van der Waals surface area contributed by atoms with Crippen molar-refractivity contribution in [3.63, 3.8) is 0 Å². The van der Waals surface area contributed by atoms with E-state index in [0.717, 1.165) is 18.2 Å². The number of amides is 1. The molecule has 0 saturated heterocycles. The van der Waals surface area contributed by atoms with Gasteiger partial charge in [0.25, 0.3) is 5.91 Å². The Morgan fingerprint density at radius 3 is 2.26 bits per heavy atom. The summed E-state index contributed by atoms with van der Waals surface area (Å²) in [6, 6.07) is 6.66. The molecule has 0 unspecified atom stereocenters. The van der Waals surface area contributed by atoms with Crippen LogP contribution in [0.25, 0.3) is 0 Å². The van der Waals surface area contributed by atoms with Gasteiger partial charge in [0.2, 0.25) is 20.0 Å². The molecule has 0 aromatic heterocycles. The molecule has 8 nitrogen and oxygen atoms in total. The standard InChI is InChI=1S/C19H23ClFN3O5S2/c1-4-22-30(26,27)14-8-10-17(21)15(12-14)19(25)23-13-7-9-16(20)18(11-13)31(28,29)24(5-2)6-3/h7-12,22H,4-6H2,1-3H3,(H,23,25). The summed E-state index contributed by atoms with van der Waals surface area (Å²) in [5.74, 6) is -1.88. The zero-order valence-corrected chi connectivity index (χ0v) is 19.5. The van der Waals surface area contributed by atoms with Crippen molar-refractivity contribution >= 4 is 43.2 Å². The van der Waals surface area contributed by atoms with Crippen molar-refractivity contribution in [3.8, 4) is 0 Å². The van der Waals surface area contributed by atoms with Crippen LogP contribution in [0.15, 0.2) is 46.2 Å². The number of hydrogen-bond donors (Lipinski definition) is 2. The summed E-state index contributed by atoms with van der Waals surface area (Å²) in [4.78, 5) is 12.1. The number of anilines is 1. The van der Waals surface area contributed by atoms with Crippen LogP contribution in [0, 0.1) is 5.82 Å². The third-order valence-electron chi connectivity index (χ3n) is 4.34. The summed E-state index contributed by atoms with van der Waals surface area (Å²) < 4.78 is 67.5. The highest BCUT2D eigenvalue weighted by Gasteiger charge is 2.25. The number of carbonyl (C=O) groups is 1. The van der Waals surface area contributed by atoms with Gasteiger partial charge < -0.3 is 5.32 Å². The van der Waals surface area contributed by atoms with Crippen LogP contribution in [0.5, 0.6) is 0 Å². The van der Waals surface area contributed by atoms with Crippen molar-refractivity contribution in [1.82, 2.24) is 9.03 Å². The Balaban J connectivity index is 2.42. The minimum Gasteiger partial charge on any atom is -0.322 e. The molecule has 0 radical (unpaired) electrons. The van der Waals surface area contributed by atoms with E-state index < -0.39 is 37.3 Å². The van der Waals surface area contributed by atoms with Crippen molar-refractivity contribution in [2.75, 3.05) is 25.0 Å². The number of benzene rings is 2. The van der Waals surface area contributed by atoms with E-state index in [1.165, 1.54) is 22.5 Å². The van der Waals surface area contributed by atoms with Crippen LogP contribution in [0.1, 0.15) is 31.1 Å². The fourth-order valence-corrected chi connectivity index (χ4v) is 5.82. The number of carbonyl (C=O) groups excluding carboxylic acids is 1. The molecule has 2 rings (SSSR count). The Morgan fingerprint density at radius 1 is 1.03 bits per heavy atom. The molecule has 2 aromatic rings. The van der Waals surface area contributed by atoms with Gasteiger partial charge in [-0.1, -0.05) is 32.4 Å². The van der Waals surface area contributed by atoms with E-state index in [-0.39, 0.29) is 40.1 Å². The minimum absolute atomic E-state index is 0.0326. The lowest BCUT2D eigenvalue weighted by Gasteiger charge is -2.19. The Labute approximate surface area is 186 Å². The fourth-order valence-electron chi connectivity index (χ4n) is 2.80. The van der Waals surface area contributed by atoms with Crippen LogP contribution >= 0.6 is 11.6 Å². The molecule has 170 valence electrons. The molecule has 0 spiro atoms. The van der Waals surface area contributed by atoms with Gasteiger partial charge >= 0.3 is 0 Å². The predicted molar refractivity (Wildman–Crippen MR) is 117 cm³/mol. The molecule has 2 N–H and O–H groups in total. The van der Waals surface area contributed by atoms with Gasteiger partial charge in [-0.25, -0.2) is 25.9 Å². The lowest BCUT2D eigenvalue weighted by molar-refractivity contribution is 0.102. The van der Waals surface area contributed by atoms with E-state index >= 15 is 0 Å². The molecule has 0 aliphatic rings. The maximum atomic E-state index is 14.2. The first-order valence-corrected chi connectivity index (χ1v) is 12.7. The normalized spacial score (nSPS) is 12.2. The number of hydrogen-bond acceptors (Lipinski definition) is 5. The molecule has 1 amide bonds. The van der Waals surface area contributed by atoms with E-state index in [1.807, 2.05) is 0 Å². The number of nitrogens with zero attached hydrogens (tertiary/aromatic N) is 1. The molecule has 0 saturated carbocycles. The van der Waals surface area contributed by atoms with E-state index in [9.17, 15) is 26.0 Å². The number of nitrogens with one attached hydrogen (secondary N) is 2. The Morgan fingerprint density at radius 2 is 1.68 bits per heavy atom. The van der Waals surface area contributed by atoms with Crippen molar-refractivity contribution in [2.24, 2.45) is 0 Å². The summed E-state index contributed by atoms with van der Waals surface area (Å²) in [5, 5.41) is 2.36. The van der Waals surface area contributed by atoms with Crippen LogP contribution in [-0.4, -0.2) is 46.7 Å². The first kappa shape index (κ1) is 25.2. The smallest absolute Gasteiger partial charge is 0.258 e. The summed E-state index contributed by atoms with van der Waals surface area (Å²) in [6.45, 7) is 5.51. The number of rotatable bonds is 9. The van der Waals surface area contributed by atoms with Gasteiger partial charge in [0, 0.05) is 25.3 Å². The molecule has 12 heteroatoms. The molecule has 0 heterocycles. The van der Waals surface area contributed by atoms with Crippen LogP contribution < -0.4 is 10.0 Å². The fraction of sp³-hybridized carbons (Fsp3) is 0.316. The van der Waals surface area contributed by atoms with Gasteiger partial charge in [0.15, 0.2) is 0 Å². The van der Waals surface area contributed by atoms with Crippen molar-refractivity contribution in [1.29, 1.82) is 0 Å². The third-order valence-corrected chi connectivity index (χ3v) is 8.41. The predicted octanol–water partition coefficient (Wildman–Crippen LogP) is 3.06. The average Bonchev–Trinajstić information content (AvgIpc) is 2.70. The van der Waals surface area contributed by atoms with Crippen LogP contribution in [0.2, 0.25) is 5.02 Å². The molecule has 0 atom stereocenters. The molecule has 31 heavy (non-hydrogen) atoms. The van der Waals surface area contributed by atoms with Gasteiger partial charge in [-0.3, -0.25) is 4.79 Å². The molecular formula is C19H23ClFN3O5S2. The van der Waals surface area contributed by atoms with E-state index in [1.54, 1.807) is 20.8 Å². The van der Waals surface area contributed by atoms with Crippen LogP contribution in [0.4, 0.5) is 10.1 Å². The second-order valence-corrected chi connectivity index (χ2v) is 10.4. The zero-order valence-electron chi connectivity index (χ0n) is 17.1. The maximum absolute atomic E-state index is 14.2. The molecular weight excluding hydrogens is 469 g/mol. The highest BCUT2D eigenvalue weighted by atomic mass is 35.5. The van der Waals surface area contributed by atoms with Gasteiger partial charge in [-0.2, -0.15) is 4.31 Å². The Kier molecular flexibility index (Phi) is 8.17. The zero-order chi connectivity index (χ0) is 23.4. The topological polar surface area (TPSA) is 113 Å². The molecule has 0 aliphatic heterocycles. The molecule has 0 aliphatic carbocycles. The van der Waals surface area contributed by atoms with E-state index in [4.69, 9.17) is 11.6 Å². The van der Waals surface area contributed by atoms with Gasteiger partial charge in [-0.05, 0) is 36.4 Å². The average molecular weight is 492 g/mol. The lowest BCUT2D eigenvalue weighted by atomic mass is 10.2.